The summed E-state index contributed by atoms with van der Waals surface area (Å²) in [7, 11) is -1.56. The van der Waals surface area contributed by atoms with E-state index in [-0.39, 0.29) is 10.5 Å². The number of unbranched alkanes of at least 4 members (excludes halogenated alkanes) is 1. The maximum absolute atomic E-state index is 8.87. The van der Waals surface area contributed by atoms with Gasteiger partial charge in [0.25, 0.3) is 0 Å². The Morgan fingerprint density at radius 2 is 2.27 bits per heavy atom. The molecule has 0 aromatic carbocycles. The third-order valence-electron chi connectivity index (χ3n) is 1.86. The molecule has 0 atom stereocenters. The highest BCUT2D eigenvalue weighted by molar-refractivity contribution is 6.58. The van der Waals surface area contributed by atoms with Crippen LogP contribution in [0.1, 0.15) is 19.8 Å². The van der Waals surface area contributed by atoms with E-state index >= 15 is 0 Å². The molecule has 0 saturated heterocycles. The van der Waals surface area contributed by atoms with Crippen molar-refractivity contribution in [3.8, 4) is 5.88 Å². The average molecular weight is 229 g/mol. The number of hydrogen-bond donors (Lipinski definition) is 2. The fourth-order valence-corrected chi connectivity index (χ4v) is 1.23. The predicted octanol–water partition coefficient (Wildman–Crippen LogP) is 0.594. The lowest BCUT2D eigenvalue weighted by Crippen LogP contribution is -2.30. The van der Waals surface area contributed by atoms with Crippen molar-refractivity contribution in [3.05, 3.63) is 17.3 Å². The number of nitrogens with zero attached hydrogens (tertiary/aromatic N) is 1. The minimum absolute atomic E-state index is 0.253. The molecule has 0 aliphatic heterocycles. The summed E-state index contributed by atoms with van der Waals surface area (Å²) in [5, 5.41) is 18.0. The summed E-state index contributed by atoms with van der Waals surface area (Å²) >= 11 is 5.84. The molecule has 0 aliphatic rings. The number of hydrogen-bond acceptors (Lipinski definition) is 4. The van der Waals surface area contributed by atoms with Crippen LogP contribution < -0.4 is 10.2 Å². The van der Waals surface area contributed by atoms with Gasteiger partial charge in [0.15, 0.2) is 0 Å². The first-order valence-electron chi connectivity index (χ1n) is 4.79. The Hall–Kier alpha value is -0.775. The number of halogens is 1. The van der Waals surface area contributed by atoms with Crippen molar-refractivity contribution in [3.63, 3.8) is 0 Å². The molecular weight excluding hydrogens is 216 g/mol. The van der Waals surface area contributed by atoms with Gasteiger partial charge in [0.1, 0.15) is 5.02 Å². The average Bonchev–Trinajstić information content (AvgIpc) is 2.20. The van der Waals surface area contributed by atoms with Gasteiger partial charge in [0, 0.05) is 11.7 Å². The summed E-state index contributed by atoms with van der Waals surface area (Å²) in [6, 6.07) is 1.43. The van der Waals surface area contributed by atoms with E-state index in [1.165, 1.54) is 12.3 Å². The Morgan fingerprint density at radius 1 is 1.53 bits per heavy atom. The summed E-state index contributed by atoms with van der Waals surface area (Å²) in [6.45, 7) is 2.62. The molecule has 82 valence electrons. The fraction of sp³-hybridized carbons (Fsp3) is 0.444. The zero-order valence-corrected chi connectivity index (χ0v) is 9.24. The molecule has 0 amide bonds. The molecule has 1 heterocycles. The molecule has 0 saturated carbocycles. The van der Waals surface area contributed by atoms with Gasteiger partial charge in [-0.15, -0.1) is 0 Å². The largest absolute Gasteiger partial charge is 0.490 e. The molecule has 6 heteroatoms. The van der Waals surface area contributed by atoms with E-state index in [4.69, 9.17) is 26.4 Å². The first-order valence-corrected chi connectivity index (χ1v) is 5.17. The van der Waals surface area contributed by atoms with Crippen molar-refractivity contribution in [2.45, 2.75) is 19.8 Å². The molecule has 1 aromatic heterocycles. The van der Waals surface area contributed by atoms with E-state index in [0.29, 0.717) is 12.5 Å². The molecule has 0 unspecified atom stereocenters. The van der Waals surface area contributed by atoms with E-state index in [0.717, 1.165) is 12.8 Å². The first-order chi connectivity index (χ1) is 7.15. The molecule has 0 aliphatic carbocycles. The highest BCUT2D eigenvalue weighted by atomic mass is 35.5. The van der Waals surface area contributed by atoms with Gasteiger partial charge in [0.05, 0.1) is 6.61 Å². The maximum Gasteiger partial charge on any atom is 0.490 e. The minimum atomic E-state index is -1.56. The van der Waals surface area contributed by atoms with Gasteiger partial charge in [0.2, 0.25) is 5.88 Å². The maximum atomic E-state index is 8.87. The first kappa shape index (κ1) is 12.3. The van der Waals surface area contributed by atoms with Crippen molar-refractivity contribution in [1.82, 2.24) is 4.98 Å². The zero-order chi connectivity index (χ0) is 11.3. The normalized spacial score (nSPS) is 10.1. The van der Waals surface area contributed by atoms with Gasteiger partial charge >= 0.3 is 7.12 Å². The molecule has 1 aromatic rings. The van der Waals surface area contributed by atoms with Gasteiger partial charge in [-0.05, 0) is 12.5 Å². The SMILES string of the molecule is CCCCOc1ncc(B(O)O)cc1Cl. The van der Waals surface area contributed by atoms with E-state index in [9.17, 15) is 0 Å². The van der Waals surface area contributed by atoms with Crippen molar-refractivity contribution < 1.29 is 14.8 Å². The summed E-state index contributed by atoms with van der Waals surface area (Å²) < 4.78 is 5.31. The van der Waals surface area contributed by atoms with Crippen LogP contribution >= 0.6 is 11.6 Å². The van der Waals surface area contributed by atoms with Crippen LogP contribution in [0.3, 0.4) is 0 Å². The highest BCUT2D eigenvalue weighted by Gasteiger charge is 2.14. The third kappa shape index (κ3) is 3.70. The lowest BCUT2D eigenvalue weighted by atomic mass is 9.82. The molecule has 0 fully saturated rings. The number of pyridine rings is 1. The highest BCUT2D eigenvalue weighted by Crippen LogP contribution is 2.19. The number of rotatable bonds is 5. The molecule has 4 nitrogen and oxygen atoms in total. The predicted molar refractivity (Wildman–Crippen MR) is 59.5 cm³/mol. The minimum Gasteiger partial charge on any atom is -0.477 e. The van der Waals surface area contributed by atoms with Crippen molar-refractivity contribution in [2.24, 2.45) is 0 Å². The zero-order valence-electron chi connectivity index (χ0n) is 8.48. The summed E-state index contributed by atoms with van der Waals surface area (Å²) in [6.07, 6.45) is 3.30. The molecule has 2 N–H and O–H groups in total. The van der Waals surface area contributed by atoms with Crippen molar-refractivity contribution in [1.29, 1.82) is 0 Å². The van der Waals surface area contributed by atoms with Crippen LogP contribution in [0.15, 0.2) is 12.3 Å². The summed E-state index contributed by atoms with van der Waals surface area (Å²) in [5.41, 5.74) is 0.253. The topological polar surface area (TPSA) is 62.6 Å². The van der Waals surface area contributed by atoms with Gasteiger partial charge in [-0.1, -0.05) is 24.9 Å². The molecule has 0 bridgehead atoms. The van der Waals surface area contributed by atoms with E-state index in [2.05, 4.69) is 11.9 Å². The number of aromatic nitrogens is 1. The summed E-state index contributed by atoms with van der Waals surface area (Å²) in [5.74, 6) is 0.328. The second kappa shape index (κ2) is 5.95. The van der Waals surface area contributed by atoms with Crippen LogP contribution in [0.2, 0.25) is 5.02 Å². The molecular formula is C9H13BClNO3. The lowest BCUT2D eigenvalue weighted by molar-refractivity contribution is 0.298. The Labute approximate surface area is 94.0 Å². The monoisotopic (exact) mass is 229 g/mol. The van der Waals surface area contributed by atoms with Crippen LogP contribution in [-0.2, 0) is 0 Å². The smallest absolute Gasteiger partial charge is 0.477 e. The van der Waals surface area contributed by atoms with Crippen molar-refractivity contribution in [2.75, 3.05) is 6.61 Å². The van der Waals surface area contributed by atoms with Crippen molar-refractivity contribution >= 4 is 24.2 Å². The van der Waals surface area contributed by atoms with Crippen LogP contribution in [0, 0.1) is 0 Å². The molecule has 15 heavy (non-hydrogen) atoms. The standard InChI is InChI=1S/C9H13BClNO3/c1-2-3-4-15-9-8(11)5-7(6-12-9)10(13)14/h5-6,13-14H,2-4H2,1H3. The second-order valence-corrected chi connectivity index (χ2v) is 3.54. The Kier molecular flexibility index (Phi) is 4.88. The molecule has 1 rings (SSSR count). The van der Waals surface area contributed by atoms with Gasteiger partial charge < -0.3 is 14.8 Å². The second-order valence-electron chi connectivity index (χ2n) is 3.13. The quantitative estimate of drug-likeness (QED) is 0.573. The van der Waals surface area contributed by atoms with Crippen LogP contribution in [-0.4, -0.2) is 28.8 Å². The Balaban J connectivity index is 2.66. The van der Waals surface area contributed by atoms with E-state index in [1.807, 2.05) is 0 Å². The Morgan fingerprint density at radius 3 is 2.80 bits per heavy atom. The third-order valence-corrected chi connectivity index (χ3v) is 2.13. The van der Waals surface area contributed by atoms with E-state index in [1.54, 1.807) is 0 Å². The van der Waals surface area contributed by atoms with Gasteiger partial charge in [-0.2, -0.15) is 0 Å². The number of ether oxygens (including phenoxy) is 1. The van der Waals surface area contributed by atoms with Crippen LogP contribution in [0.4, 0.5) is 0 Å². The van der Waals surface area contributed by atoms with Gasteiger partial charge in [-0.3, -0.25) is 0 Å². The van der Waals surface area contributed by atoms with Crippen LogP contribution in [0.25, 0.3) is 0 Å². The summed E-state index contributed by atoms with van der Waals surface area (Å²) in [4.78, 5) is 3.90. The Bertz CT molecular complexity index is 322. The molecule has 0 radical (unpaired) electrons. The van der Waals surface area contributed by atoms with E-state index < -0.39 is 7.12 Å². The lowest BCUT2D eigenvalue weighted by Gasteiger charge is -2.07. The van der Waals surface area contributed by atoms with Gasteiger partial charge in [-0.25, -0.2) is 4.98 Å². The van der Waals surface area contributed by atoms with Crippen LogP contribution in [0.5, 0.6) is 5.88 Å². The molecule has 0 spiro atoms. The fourth-order valence-electron chi connectivity index (χ4n) is 1.00.